The molecule has 1 N–H and O–H groups in total. The van der Waals surface area contributed by atoms with Crippen LogP contribution in [0.5, 0.6) is 0 Å². The maximum absolute atomic E-state index is 13.4. The van der Waals surface area contributed by atoms with Crippen molar-refractivity contribution in [3.63, 3.8) is 0 Å². The van der Waals surface area contributed by atoms with Crippen LogP contribution in [0.25, 0.3) is 11.2 Å². The zero-order chi connectivity index (χ0) is 24.6. The van der Waals surface area contributed by atoms with Gasteiger partial charge in [-0.25, -0.2) is 9.97 Å². The molecule has 2 atom stereocenters. The Morgan fingerprint density at radius 3 is 2.46 bits per heavy atom. The molecule has 7 nitrogen and oxygen atoms in total. The molecule has 2 saturated heterocycles. The number of aromatic nitrogens is 3. The minimum absolute atomic E-state index is 0.0221. The van der Waals surface area contributed by atoms with Crippen LogP contribution in [0.3, 0.4) is 0 Å². The highest BCUT2D eigenvalue weighted by atomic mass is 19.4. The van der Waals surface area contributed by atoms with Crippen LogP contribution in [0, 0.1) is 5.92 Å². The van der Waals surface area contributed by atoms with E-state index in [0.717, 1.165) is 36.3 Å². The number of rotatable bonds is 3. The first kappa shape index (κ1) is 23.3. The fourth-order valence-corrected chi connectivity index (χ4v) is 5.06. The Kier molecular flexibility index (Phi) is 6.21. The molecule has 2 amide bonds. The summed E-state index contributed by atoms with van der Waals surface area (Å²) in [7, 11) is 0. The number of aromatic amines is 1. The van der Waals surface area contributed by atoms with Gasteiger partial charge in [0.15, 0.2) is 5.65 Å². The second kappa shape index (κ2) is 9.31. The highest BCUT2D eigenvalue weighted by Gasteiger charge is 2.35. The number of nitrogens with zero attached hydrogens (tertiary/aromatic N) is 4. The number of piperidine rings is 2. The fraction of sp³-hybridized carbons (Fsp3) is 0.440. The molecule has 0 bridgehead atoms. The minimum atomic E-state index is -4.45. The summed E-state index contributed by atoms with van der Waals surface area (Å²) in [5.41, 5.74) is 0.939. The zero-order valence-corrected chi connectivity index (χ0v) is 19.1. The molecule has 184 valence electrons. The summed E-state index contributed by atoms with van der Waals surface area (Å²) in [5.74, 6) is 0.281. The maximum Gasteiger partial charge on any atom is 0.416 e. The van der Waals surface area contributed by atoms with E-state index in [0.29, 0.717) is 38.1 Å². The Morgan fingerprint density at radius 1 is 0.971 bits per heavy atom. The zero-order valence-electron chi connectivity index (χ0n) is 19.1. The van der Waals surface area contributed by atoms with Gasteiger partial charge in [-0.2, -0.15) is 13.2 Å². The predicted octanol–water partition coefficient (Wildman–Crippen LogP) is 4.24. The first-order chi connectivity index (χ1) is 16.8. The number of carbonyl (C=O) groups is 2. The van der Waals surface area contributed by atoms with Gasteiger partial charge < -0.3 is 14.8 Å². The summed E-state index contributed by atoms with van der Waals surface area (Å²) in [5, 5.41) is 0. The third-order valence-corrected chi connectivity index (χ3v) is 6.91. The van der Waals surface area contributed by atoms with Crippen molar-refractivity contribution in [2.24, 2.45) is 5.92 Å². The summed E-state index contributed by atoms with van der Waals surface area (Å²) in [6.45, 7) is 1.98. The number of alkyl halides is 3. The molecule has 2 aromatic heterocycles. The van der Waals surface area contributed by atoms with E-state index in [1.807, 2.05) is 17.0 Å². The summed E-state index contributed by atoms with van der Waals surface area (Å²) in [6, 6.07) is 8.02. The third-order valence-electron chi connectivity index (χ3n) is 6.91. The predicted molar refractivity (Wildman–Crippen MR) is 123 cm³/mol. The lowest BCUT2D eigenvalue weighted by molar-refractivity contribution is -0.138. The molecule has 4 heterocycles. The van der Waals surface area contributed by atoms with Gasteiger partial charge in [-0.1, -0.05) is 0 Å². The Morgan fingerprint density at radius 2 is 1.71 bits per heavy atom. The molecule has 3 aromatic rings. The van der Waals surface area contributed by atoms with Gasteiger partial charge in [0.25, 0.3) is 5.91 Å². The smallest absolute Gasteiger partial charge is 0.342 e. The Bertz CT molecular complexity index is 1190. The van der Waals surface area contributed by atoms with Gasteiger partial charge >= 0.3 is 6.18 Å². The van der Waals surface area contributed by atoms with Crippen molar-refractivity contribution in [3.05, 3.63) is 59.5 Å². The molecule has 2 aliphatic rings. The first-order valence-electron chi connectivity index (χ1n) is 11.9. The average Bonchev–Trinajstić information content (AvgIpc) is 3.32. The number of halogens is 3. The lowest BCUT2D eigenvalue weighted by Gasteiger charge is -2.38. The molecule has 2 aliphatic heterocycles. The first-order valence-corrected chi connectivity index (χ1v) is 11.9. The number of carbonyl (C=O) groups excluding carboxylic acids is 2. The summed E-state index contributed by atoms with van der Waals surface area (Å²) < 4.78 is 38.5. The van der Waals surface area contributed by atoms with Gasteiger partial charge in [0.05, 0.1) is 17.0 Å². The van der Waals surface area contributed by atoms with Gasteiger partial charge in [-0.15, -0.1) is 0 Å². The van der Waals surface area contributed by atoms with E-state index in [1.165, 1.54) is 12.1 Å². The Labute approximate surface area is 200 Å². The number of hydrogen-bond acceptors (Lipinski definition) is 4. The SMILES string of the molecule is O=C(c1ccc(C(F)(F)F)cc1)N1CCCC(C(=O)N2CCCC(c3nc4ncccc4[nH]3)C2)C1. The molecule has 5 rings (SSSR count). The number of imidazole rings is 1. The molecule has 35 heavy (non-hydrogen) atoms. The van der Waals surface area contributed by atoms with Crippen molar-refractivity contribution in [2.45, 2.75) is 37.8 Å². The average molecular weight is 486 g/mol. The van der Waals surface area contributed by atoms with Crippen LogP contribution < -0.4 is 0 Å². The number of benzene rings is 1. The van der Waals surface area contributed by atoms with Crippen LogP contribution in [0.2, 0.25) is 0 Å². The number of hydrogen-bond donors (Lipinski definition) is 1. The van der Waals surface area contributed by atoms with Gasteiger partial charge in [0.2, 0.25) is 5.91 Å². The molecule has 0 saturated carbocycles. The number of H-pyrrole nitrogens is 1. The molecular weight excluding hydrogens is 459 g/mol. The monoisotopic (exact) mass is 485 g/mol. The van der Waals surface area contributed by atoms with Gasteiger partial charge in [0.1, 0.15) is 5.82 Å². The Balaban J connectivity index is 1.24. The molecule has 0 aliphatic carbocycles. The van der Waals surface area contributed by atoms with Crippen molar-refractivity contribution < 1.29 is 22.8 Å². The van der Waals surface area contributed by atoms with Crippen molar-refractivity contribution in [3.8, 4) is 0 Å². The van der Waals surface area contributed by atoms with E-state index < -0.39 is 11.7 Å². The van der Waals surface area contributed by atoms with Gasteiger partial charge in [-0.3, -0.25) is 9.59 Å². The van der Waals surface area contributed by atoms with Crippen LogP contribution in [-0.4, -0.2) is 62.7 Å². The van der Waals surface area contributed by atoms with Crippen molar-refractivity contribution >= 4 is 23.0 Å². The van der Waals surface area contributed by atoms with E-state index in [9.17, 15) is 22.8 Å². The summed E-state index contributed by atoms with van der Waals surface area (Å²) >= 11 is 0. The van der Waals surface area contributed by atoms with Crippen LogP contribution in [0.1, 0.15) is 53.3 Å². The highest BCUT2D eigenvalue weighted by Crippen LogP contribution is 2.31. The van der Waals surface area contributed by atoms with Crippen molar-refractivity contribution in [1.82, 2.24) is 24.8 Å². The van der Waals surface area contributed by atoms with Crippen LogP contribution >= 0.6 is 0 Å². The normalized spacial score (nSPS) is 21.3. The molecule has 10 heteroatoms. The van der Waals surface area contributed by atoms with Gasteiger partial charge in [-0.05, 0) is 62.1 Å². The number of pyridine rings is 1. The largest absolute Gasteiger partial charge is 0.416 e. The quantitative estimate of drug-likeness (QED) is 0.602. The van der Waals surface area contributed by atoms with E-state index >= 15 is 0 Å². The van der Waals surface area contributed by atoms with E-state index in [2.05, 4.69) is 15.0 Å². The number of likely N-dealkylation sites (tertiary alicyclic amines) is 2. The summed E-state index contributed by atoms with van der Waals surface area (Å²) in [6.07, 6.45) is 0.398. The molecule has 2 unspecified atom stereocenters. The second-order valence-electron chi connectivity index (χ2n) is 9.29. The molecule has 2 fully saturated rings. The lowest BCUT2D eigenvalue weighted by Crippen LogP contribution is -2.49. The van der Waals surface area contributed by atoms with Crippen molar-refractivity contribution in [1.29, 1.82) is 0 Å². The molecule has 0 radical (unpaired) electrons. The van der Waals surface area contributed by atoms with Crippen molar-refractivity contribution in [2.75, 3.05) is 26.2 Å². The number of fused-ring (bicyclic) bond motifs is 1. The highest BCUT2D eigenvalue weighted by molar-refractivity contribution is 5.94. The molecule has 1 aromatic carbocycles. The van der Waals surface area contributed by atoms with E-state index in [4.69, 9.17) is 0 Å². The van der Waals surface area contributed by atoms with Crippen LogP contribution in [0.15, 0.2) is 42.6 Å². The second-order valence-corrected chi connectivity index (χ2v) is 9.29. The Hall–Kier alpha value is -3.43. The number of nitrogens with one attached hydrogen (secondary N) is 1. The van der Waals surface area contributed by atoms with E-state index in [1.54, 1.807) is 11.1 Å². The molecular formula is C25H26F3N5O2. The van der Waals surface area contributed by atoms with E-state index in [-0.39, 0.29) is 35.8 Å². The maximum atomic E-state index is 13.4. The van der Waals surface area contributed by atoms with Gasteiger partial charge in [0, 0.05) is 43.9 Å². The topological polar surface area (TPSA) is 82.2 Å². The third kappa shape index (κ3) is 4.87. The fourth-order valence-electron chi connectivity index (χ4n) is 5.06. The minimum Gasteiger partial charge on any atom is -0.342 e. The van der Waals surface area contributed by atoms with Crippen LogP contribution in [0.4, 0.5) is 13.2 Å². The molecule has 0 spiro atoms. The van der Waals surface area contributed by atoms with Crippen LogP contribution in [-0.2, 0) is 11.0 Å². The number of amides is 2. The standard InChI is InChI=1S/C25H26F3N5O2/c26-25(27,28)19-9-7-16(8-10-19)23(34)33-13-3-5-18(15-33)24(35)32-12-2-4-17(14-32)21-30-20-6-1-11-29-22(20)31-21/h1,6-11,17-18H,2-5,12-15H2,(H,29,30,31). The summed E-state index contributed by atoms with van der Waals surface area (Å²) in [4.78, 5) is 42.0. The lowest BCUT2D eigenvalue weighted by atomic mass is 9.92.